The third kappa shape index (κ3) is 3.22. The summed E-state index contributed by atoms with van der Waals surface area (Å²) in [5.41, 5.74) is 2.65. The smallest absolute Gasteiger partial charge is 0.303 e. The zero-order valence-corrected chi connectivity index (χ0v) is 11.5. The first-order valence-corrected chi connectivity index (χ1v) is 6.34. The maximum Gasteiger partial charge on any atom is 0.303 e. The van der Waals surface area contributed by atoms with Gasteiger partial charge in [0.25, 0.3) is 0 Å². The van der Waals surface area contributed by atoms with Crippen LogP contribution in [0.1, 0.15) is 26.3 Å². The van der Waals surface area contributed by atoms with Crippen LogP contribution in [0.25, 0.3) is 11.1 Å². The van der Waals surface area contributed by atoms with Crippen LogP contribution < -0.4 is 0 Å². The van der Waals surface area contributed by atoms with Crippen molar-refractivity contribution >= 4 is 5.97 Å². The number of benzene rings is 2. The highest BCUT2D eigenvalue weighted by Gasteiger charge is 2.24. The zero-order chi connectivity index (χ0) is 13.9. The van der Waals surface area contributed by atoms with Crippen LogP contribution in [0.2, 0.25) is 0 Å². The molecule has 2 heteroatoms. The summed E-state index contributed by atoms with van der Waals surface area (Å²) in [4.78, 5) is 11.2. The summed E-state index contributed by atoms with van der Waals surface area (Å²) < 4.78 is 5.38. The molecule has 0 saturated heterocycles. The van der Waals surface area contributed by atoms with E-state index in [9.17, 15) is 4.79 Å². The molecule has 0 spiro atoms. The second-order valence-electron chi connectivity index (χ2n) is 5.05. The molecule has 0 atom stereocenters. The van der Waals surface area contributed by atoms with Crippen molar-refractivity contribution in [1.82, 2.24) is 0 Å². The third-order valence-electron chi connectivity index (χ3n) is 3.06. The zero-order valence-electron chi connectivity index (χ0n) is 11.5. The van der Waals surface area contributed by atoms with E-state index in [1.807, 2.05) is 44.2 Å². The molecule has 0 aliphatic rings. The minimum atomic E-state index is -0.614. The molecular formula is C17H18O2. The Morgan fingerprint density at radius 1 is 0.947 bits per heavy atom. The van der Waals surface area contributed by atoms with E-state index in [1.54, 1.807) is 0 Å². The molecule has 19 heavy (non-hydrogen) atoms. The lowest BCUT2D eigenvalue weighted by atomic mass is 9.94. The lowest BCUT2D eigenvalue weighted by Gasteiger charge is -2.25. The number of esters is 1. The lowest BCUT2D eigenvalue weighted by Crippen LogP contribution is -2.24. The highest BCUT2D eigenvalue weighted by Crippen LogP contribution is 2.29. The molecule has 2 aromatic carbocycles. The van der Waals surface area contributed by atoms with Crippen molar-refractivity contribution in [3.05, 3.63) is 60.2 Å². The minimum Gasteiger partial charge on any atom is -0.455 e. The van der Waals surface area contributed by atoms with Gasteiger partial charge >= 0.3 is 5.97 Å². The van der Waals surface area contributed by atoms with Gasteiger partial charge in [-0.2, -0.15) is 0 Å². The number of carbonyl (C=O) groups excluding carboxylic acids is 1. The number of carbonyl (C=O) groups is 1. The standard InChI is InChI=1S/C17H18O2/c1-13(18)19-17(2,3)16-11-7-10-15(12-16)14-8-5-4-6-9-14/h4-12H,1-3H3. The largest absolute Gasteiger partial charge is 0.455 e. The van der Waals surface area contributed by atoms with Crippen LogP contribution in [0.3, 0.4) is 0 Å². The Hall–Kier alpha value is -2.09. The van der Waals surface area contributed by atoms with Crippen molar-refractivity contribution in [3.63, 3.8) is 0 Å². The van der Waals surface area contributed by atoms with Crippen molar-refractivity contribution in [3.8, 4) is 11.1 Å². The number of ether oxygens (including phenoxy) is 1. The van der Waals surface area contributed by atoms with E-state index in [-0.39, 0.29) is 5.97 Å². The molecule has 0 saturated carbocycles. The fourth-order valence-electron chi connectivity index (χ4n) is 2.12. The molecule has 2 nitrogen and oxygen atoms in total. The van der Waals surface area contributed by atoms with Gasteiger partial charge in [-0.1, -0.05) is 48.5 Å². The van der Waals surface area contributed by atoms with Gasteiger partial charge in [0.15, 0.2) is 0 Å². The van der Waals surface area contributed by atoms with Gasteiger partial charge in [0.1, 0.15) is 5.60 Å². The molecule has 0 aliphatic carbocycles. The summed E-state index contributed by atoms with van der Waals surface area (Å²) in [6.07, 6.45) is 0. The van der Waals surface area contributed by atoms with Crippen molar-refractivity contribution in [2.75, 3.05) is 0 Å². The van der Waals surface area contributed by atoms with Crippen LogP contribution in [-0.4, -0.2) is 5.97 Å². The molecule has 2 rings (SSSR count). The number of rotatable bonds is 3. The van der Waals surface area contributed by atoms with Gasteiger partial charge in [-0.3, -0.25) is 4.79 Å². The number of hydrogen-bond acceptors (Lipinski definition) is 2. The summed E-state index contributed by atoms with van der Waals surface area (Å²) in [6, 6.07) is 18.3. The Balaban J connectivity index is 2.37. The molecule has 0 N–H and O–H groups in total. The van der Waals surface area contributed by atoms with E-state index >= 15 is 0 Å². The minimum absolute atomic E-state index is 0.268. The van der Waals surface area contributed by atoms with Crippen molar-refractivity contribution in [1.29, 1.82) is 0 Å². The molecule has 0 aliphatic heterocycles. The van der Waals surface area contributed by atoms with Crippen LogP contribution in [0.5, 0.6) is 0 Å². The number of hydrogen-bond donors (Lipinski definition) is 0. The fourth-order valence-corrected chi connectivity index (χ4v) is 2.12. The Morgan fingerprint density at radius 2 is 1.58 bits per heavy atom. The predicted molar refractivity (Wildman–Crippen MR) is 76.7 cm³/mol. The molecule has 2 aromatic rings. The van der Waals surface area contributed by atoms with Gasteiger partial charge in [-0.15, -0.1) is 0 Å². The van der Waals surface area contributed by atoms with E-state index in [4.69, 9.17) is 4.74 Å². The maximum atomic E-state index is 11.2. The quantitative estimate of drug-likeness (QED) is 0.769. The Kier molecular flexibility index (Phi) is 3.70. The second kappa shape index (κ2) is 5.27. The van der Waals surface area contributed by atoms with Crippen LogP contribution in [0.4, 0.5) is 0 Å². The van der Waals surface area contributed by atoms with Crippen molar-refractivity contribution in [2.45, 2.75) is 26.4 Å². The van der Waals surface area contributed by atoms with E-state index in [0.717, 1.165) is 16.7 Å². The van der Waals surface area contributed by atoms with Gasteiger partial charge in [-0.05, 0) is 36.6 Å². The average molecular weight is 254 g/mol. The second-order valence-corrected chi connectivity index (χ2v) is 5.05. The van der Waals surface area contributed by atoms with Crippen LogP contribution in [0.15, 0.2) is 54.6 Å². The van der Waals surface area contributed by atoms with Crippen molar-refractivity contribution in [2.24, 2.45) is 0 Å². The van der Waals surface area contributed by atoms with Gasteiger partial charge in [0.2, 0.25) is 0 Å². The van der Waals surface area contributed by atoms with Gasteiger partial charge < -0.3 is 4.74 Å². The third-order valence-corrected chi connectivity index (χ3v) is 3.06. The highest BCUT2D eigenvalue weighted by atomic mass is 16.6. The van der Waals surface area contributed by atoms with Crippen LogP contribution in [-0.2, 0) is 15.1 Å². The molecule has 0 aromatic heterocycles. The summed E-state index contributed by atoms with van der Waals surface area (Å²) in [5, 5.41) is 0. The summed E-state index contributed by atoms with van der Waals surface area (Å²) in [7, 11) is 0. The molecule has 0 heterocycles. The topological polar surface area (TPSA) is 26.3 Å². The normalized spacial score (nSPS) is 11.1. The van der Waals surface area contributed by atoms with Gasteiger partial charge in [-0.25, -0.2) is 0 Å². The van der Waals surface area contributed by atoms with E-state index in [1.165, 1.54) is 6.92 Å². The first-order valence-electron chi connectivity index (χ1n) is 6.34. The molecular weight excluding hydrogens is 236 g/mol. The van der Waals surface area contributed by atoms with E-state index in [0.29, 0.717) is 0 Å². The Labute approximate surface area is 114 Å². The van der Waals surface area contributed by atoms with Crippen LogP contribution in [0, 0.1) is 0 Å². The lowest BCUT2D eigenvalue weighted by molar-refractivity contribution is -0.154. The molecule has 0 bridgehead atoms. The monoisotopic (exact) mass is 254 g/mol. The van der Waals surface area contributed by atoms with Crippen molar-refractivity contribution < 1.29 is 9.53 Å². The molecule has 0 fully saturated rings. The van der Waals surface area contributed by atoms with Crippen LogP contribution >= 0.6 is 0 Å². The first-order chi connectivity index (χ1) is 8.99. The Morgan fingerprint density at radius 3 is 2.21 bits per heavy atom. The summed E-state index contributed by atoms with van der Waals surface area (Å²) in [6.45, 7) is 5.24. The van der Waals surface area contributed by atoms with Gasteiger partial charge in [0, 0.05) is 6.92 Å². The fraction of sp³-hybridized carbons (Fsp3) is 0.235. The Bertz CT molecular complexity index is 571. The molecule has 0 unspecified atom stereocenters. The highest BCUT2D eigenvalue weighted by molar-refractivity contribution is 5.67. The van der Waals surface area contributed by atoms with E-state index < -0.39 is 5.60 Å². The summed E-state index contributed by atoms with van der Waals surface area (Å²) >= 11 is 0. The average Bonchev–Trinajstić information content (AvgIpc) is 2.38. The van der Waals surface area contributed by atoms with Gasteiger partial charge in [0.05, 0.1) is 0 Å². The first kappa shape index (κ1) is 13.3. The molecule has 0 amide bonds. The SMILES string of the molecule is CC(=O)OC(C)(C)c1cccc(-c2ccccc2)c1. The molecule has 0 radical (unpaired) electrons. The molecule has 98 valence electrons. The maximum absolute atomic E-state index is 11.2. The predicted octanol–water partition coefficient (Wildman–Crippen LogP) is 4.15. The summed E-state index contributed by atoms with van der Waals surface area (Å²) in [5.74, 6) is -0.268. The van der Waals surface area contributed by atoms with E-state index in [2.05, 4.69) is 24.3 Å².